The summed E-state index contributed by atoms with van der Waals surface area (Å²) in [6, 6.07) is 0. The molecule has 0 aromatic carbocycles. The fraction of sp³-hybridized carbons (Fsp3) is 1.00. The molecule has 1 N–H and O–H groups in total. The van der Waals surface area contributed by atoms with Crippen LogP contribution in [0.4, 0.5) is 0 Å². The third-order valence-corrected chi connectivity index (χ3v) is 2.76. The predicted octanol–water partition coefficient (Wildman–Crippen LogP) is 3.28. The molecule has 0 aliphatic heterocycles. The van der Waals surface area contributed by atoms with Crippen LogP contribution in [0, 0.1) is 5.92 Å². The lowest BCUT2D eigenvalue weighted by atomic mass is 9.87. The first kappa shape index (κ1) is 12.0. The Morgan fingerprint density at radius 2 is 1.79 bits per heavy atom. The third kappa shape index (κ3) is 5.61. The third-order valence-electron chi connectivity index (χ3n) is 2.76. The highest BCUT2D eigenvalue weighted by molar-refractivity contribution is 4.66. The Morgan fingerprint density at radius 3 is 2.36 bits per heavy atom. The summed E-state index contributed by atoms with van der Waals surface area (Å²) in [4.78, 5) is 5.47. The van der Waals surface area contributed by atoms with Gasteiger partial charge in [-0.05, 0) is 33.1 Å². The largest absolute Gasteiger partial charge is 0.296 e. The van der Waals surface area contributed by atoms with Gasteiger partial charge in [0.15, 0.2) is 0 Å². The normalized spacial score (nSPS) is 19.9. The van der Waals surface area contributed by atoms with Gasteiger partial charge in [0.1, 0.15) is 0 Å². The van der Waals surface area contributed by atoms with E-state index in [0.29, 0.717) is 0 Å². The van der Waals surface area contributed by atoms with Gasteiger partial charge in [-0.15, -0.1) is 0 Å². The van der Waals surface area contributed by atoms with E-state index in [1.165, 1.54) is 38.5 Å². The summed E-state index contributed by atoms with van der Waals surface area (Å²) >= 11 is 0. The average molecular weight is 199 g/mol. The standard InChI is InChI=1S/C12H25NO/c1-12(2,3)14-13-10-9-11-7-5-4-6-8-11/h11,13H,4-10H2,1-3H3. The molecule has 14 heavy (non-hydrogen) atoms. The first-order valence-electron chi connectivity index (χ1n) is 5.99. The maximum atomic E-state index is 5.47. The zero-order valence-electron chi connectivity index (χ0n) is 9.94. The van der Waals surface area contributed by atoms with Crippen molar-refractivity contribution in [3.8, 4) is 0 Å². The Morgan fingerprint density at radius 1 is 1.14 bits per heavy atom. The molecule has 0 amide bonds. The van der Waals surface area contributed by atoms with Gasteiger partial charge in [-0.1, -0.05) is 32.1 Å². The molecule has 0 saturated heterocycles. The van der Waals surface area contributed by atoms with Crippen LogP contribution in [0.15, 0.2) is 0 Å². The molecular weight excluding hydrogens is 174 g/mol. The van der Waals surface area contributed by atoms with Crippen molar-refractivity contribution < 1.29 is 4.84 Å². The molecule has 1 aliphatic rings. The van der Waals surface area contributed by atoms with Crippen LogP contribution in [0.1, 0.15) is 59.3 Å². The molecule has 0 spiro atoms. The molecule has 0 aromatic rings. The number of hydroxylamine groups is 1. The molecule has 0 heterocycles. The van der Waals surface area contributed by atoms with Gasteiger partial charge in [0.25, 0.3) is 0 Å². The van der Waals surface area contributed by atoms with Crippen LogP contribution in [0.3, 0.4) is 0 Å². The molecular formula is C12H25NO. The smallest absolute Gasteiger partial charge is 0.0812 e. The highest BCUT2D eigenvalue weighted by atomic mass is 16.7. The second-order valence-electron chi connectivity index (χ2n) is 5.40. The van der Waals surface area contributed by atoms with Gasteiger partial charge in [-0.2, -0.15) is 0 Å². The van der Waals surface area contributed by atoms with Crippen LogP contribution in [0.25, 0.3) is 0 Å². The van der Waals surface area contributed by atoms with E-state index in [-0.39, 0.29) is 5.60 Å². The second-order valence-corrected chi connectivity index (χ2v) is 5.40. The van der Waals surface area contributed by atoms with Crippen molar-refractivity contribution in [2.24, 2.45) is 5.92 Å². The van der Waals surface area contributed by atoms with Gasteiger partial charge in [0.2, 0.25) is 0 Å². The minimum absolute atomic E-state index is 0.0629. The van der Waals surface area contributed by atoms with E-state index in [2.05, 4.69) is 26.3 Å². The molecule has 1 aliphatic carbocycles. The van der Waals surface area contributed by atoms with Crippen molar-refractivity contribution in [3.63, 3.8) is 0 Å². The Bertz CT molecular complexity index is 145. The SMILES string of the molecule is CC(C)(C)ONCCC1CCCCC1. The van der Waals surface area contributed by atoms with E-state index >= 15 is 0 Å². The molecule has 2 nitrogen and oxygen atoms in total. The molecule has 0 aromatic heterocycles. The molecule has 0 atom stereocenters. The van der Waals surface area contributed by atoms with E-state index in [1.54, 1.807) is 0 Å². The molecule has 0 bridgehead atoms. The number of nitrogens with one attached hydrogen (secondary N) is 1. The summed E-state index contributed by atoms with van der Waals surface area (Å²) in [5.41, 5.74) is 3.01. The number of hydrogen-bond donors (Lipinski definition) is 1. The first-order chi connectivity index (χ1) is 6.58. The van der Waals surface area contributed by atoms with E-state index in [1.807, 2.05) is 0 Å². The lowest BCUT2D eigenvalue weighted by molar-refractivity contribution is -0.0739. The van der Waals surface area contributed by atoms with Crippen molar-refractivity contribution >= 4 is 0 Å². The van der Waals surface area contributed by atoms with Gasteiger partial charge >= 0.3 is 0 Å². The van der Waals surface area contributed by atoms with Crippen molar-refractivity contribution in [2.75, 3.05) is 6.54 Å². The van der Waals surface area contributed by atoms with Gasteiger partial charge in [0.05, 0.1) is 5.60 Å². The van der Waals surface area contributed by atoms with Crippen LogP contribution >= 0.6 is 0 Å². The molecule has 1 fully saturated rings. The lowest BCUT2D eigenvalue weighted by Gasteiger charge is -2.23. The fourth-order valence-corrected chi connectivity index (χ4v) is 2.01. The van der Waals surface area contributed by atoms with Crippen LogP contribution in [0.5, 0.6) is 0 Å². The van der Waals surface area contributed by atoms with Crippen LogP contribution in [-0.4, -0.2) is 12.1 Å². The topological polar surface area (TPSA) is 21.3 Å². The molecule has 0 unspecified atom stereocenters. The summed E-state index contributed by atoms with van der Waals surface area (Å²) in [5, 5.41) is 0. The molecule has 2 heteroatoms. The summed E-state index contributed by atoms with van der Waals surface area (Å²) < 4.78 is 0. The van der Waals surface area contributed by atoms with Gasteiger partial charge in [0, 0.05) is 6.54 Å². The van der Waals surface area contributed by atoms with Crippen molar-refractivity contribution in [1.82, 2.24) is 5.48 Å². The average Bonchev–Trinajstić information content (AvgIpc) is 2.13. The Labute approximate surface area is 88.4 Å². The van der Waals surface area contributed by atoms with Crippen LogP contribution in [-0.2, 0) is 4.84 Å². The van der Waals surface area contributed by atoms with Crippen LogP contribution in [0.2, 0.25) is 0 Å². The van der Waals surface area contributed by atoms with E-state index < -0.39 is 0 Å². The Balaban J connectivity index is 1.97. The monoisotopic (exact) mass is 199 g/mol. The van der Waals surface area contributed by atoms with Gasteiger partial charge < -0.3 is 0 Å². The summed E-state index contributed by atoms with van der Waals surface area (Å²) in [6.07, 6.45) is 8.45. The highest BCUT2D eigenvalue weighted by Gasteiger charge is 2.14. The summed E-state index contributed by atoms with van der Waals surface area (Å²) in [5.74, 6) is 0.944. The number of hydrogen-bond acceptors (Lipinski definition) is 2. The van der Waals surface area contributed by atoms with Crippen molar-refractivity contribution in [2.45, 2.75) is 64.9 Å². The second kappa shape index (κ2) is 5.72. The molecule has 1 saturated carbocycles. The zero-order valence-corrected chi connectivity index (χ0v) is 9.94. The van der Waals surface area contributed by atoms with E-state index in [9.17, 15) is 0 Å². The quantitative estimate of drug-likeness (QED) is 0.554. The minimum atomic E-state index is -0.0629. The lowest BCUT2D eigenvalue weighted by Crippen LogP contribution is -2.30. The minimum Gasteiger partial charge on any atom is -0.296 e. The maximum absolute atomic E-state index is 5.47. The van der Waals surface area contributed by atoms with Gasteiger partial charge in [-0.3, -0.25) is 4.84 Å². The van der Waals surface area contributed by atoms with Crippen molar-refractivity contribution in [3.05, 3.63) is 0 Å². The zero-order chi connectivity index (χ0) is 10.4. The molecule has 84 valence electrons. The Kier molecular flexibility index (Phi) is 4.90. The Hall–Kier alpha value is -0.0800. The molecule has 0 radical (unpaired) electrons. The summed E-state index contributed by atoms with van der Waals surface area (Å²) in [7, 11) is 0. The fourth-order valence-electron chi connectivity index (χ4n) is 2.01. The van der Waals surface area contributed by atoms with Gasteiger partial charge in [-0.25, -0.2) is 5.48 Å². The van der Waals surface area contributed by atoms with E-state index in [4.69, 9.17) is 4.84 Å². The highest BCUT2D eigenvalue weighted by Crippen LogP contribution is 2.25. The molecule has 1 rings (SSSR count). The van der Waals surface area contributed by atoms with Crippen LogP contribution < -0.4 is 5.48 Å². The summed E-state index contributed by atoms with van der Waals surface area (Å²) in [6.45, 7) is 7.21. The van der Waals surface area contributed by atoms with Crippen molar-refractivity contribution in [1.29, 1.82) is 0 Å². The first-order valence-corrected chi connectivity index (χ1v) is 5.99. The maximum Gasteiger partial charge on any atom is 0.0812 e. The number of rotatable bonds is 4. The predicted molar refractivity (Wildman–Crippen MR) is 60.0 cm³/mol. The van der Waals surface area contributed by atoms with E-state index in [0.717, 1.165) is 12.5 Å².